The van der Waals surface area contributed by atoms with Gasteiger partial charge >= 0.3 is 0 Å². The van der Waals surface area contributed by atoms with E-state index in [9.17, 15) is 10.1 Å². The number of fused-ring (bicyclic) bond motifs is 1. The van der Waals surface area contributed by atoms with E-state index in [1.807, 2.05) is 6.92 Å². The Labute approximate surface area is 202 Å². The van der Waals surface area contributed by atoms with Crippen LogP contribution < -0.4 is 16.0 Å². The number of piperazine rings is 1. The maximum absolute atomic E-state index is 13.4. The van der Waals surface area contributed by atoms with Crippen LogP contribution in [0.25, 0.3) is 0 Å². The van der Waals surface area contributed by atoms with Crippen molar-refractivity contribution in [3.63, 3.8) is 0 Å². The second kappa shape index (κ2) is 8.89. The second-order valence-electron chi connectivity index (χ2n) is 8.92. The van der Waals surface area contributed by atoms with E-state index in [1.54, 1.807) is 6.07 Å². The lowest BCUT2D eigenvalue weighted by Crippen LogP contribution is -2.50. The number of hydrogen-bond acceptors (Lipinski definition) is 9. The van der Waals surface area contributed by atoms with E-state index in [-0.39, 0.29) is 22.7 Å². The molecule has 0 aromatic carbocycles. The molecule has 3 heterocycles. The molecule has 2 aromatic rings. The largest absolute Gasteiger partial charge is 0.389 e. The van der Waals surface area contributed by atoms with Crippen molar-refractivity contribution in [2.75, 3.05) is 37.3 Å². The van der Waals surface area contributed by atoms with Crippen LogP contribution in [0.4, 0.5) is 10.8 Å². The highest BCUT2D eigenvalue weighted by atomic mass is 35.5. The number of thiophene rings is 1. The molecule has 0 spiro atoms. The molecule has 0 radical (unpaired) electrons. The number of halogens is 1. The maximum atomic E-state index is 13.4. The van der Waals surface area contributed by atoms with Gasteiger partial charge < -0.3 is 20.9 Å². The number of amides is 1. The van der Waals surface area contributed by atoms with Gasteiger partial charge in [0.1, 0.15) is 22.6 Å². The molecule has 2 aliphatic rings. The summed E-state index contributed by atoms with van der Waals surface area (Å²) < 4.78 is 0. The van der Waals surface area contributed by atoms with Crippen molar-refractivity contribution in [3.05, 3.63) is 33.0 Å². The zero-order valence-electron chi connectivity index (χ0n) is 18.9. The molecule has 2 aromatic heterocycles. The summed E-state index contributed by atoms with van der Waals surface area (Å²) in [6.45, 7) is 6.40. The molecule has 0 bridgehead atoms. The molecule has 1 aliphatic carbocycles. The highest BCUT2D eigenvalue weighted by Crippen LogP contribution is 2.45. The summed E-state index contributed by atoms with van der Waals surface area (Å²) in [6, 6.07) is 4.20. The average Bonchev–Trinajstić information content (AvgIpc) is 3.11. The minimum absolute atomic E-state index is 0.0246. The van der Waals surface area contributed by atoms with Gasteiger partial charge in [0.05, 0.1) is 11.0 Å². The SMILES string of the molecule is C[C@@H]1CN(c2cc(C(=N)NC(=O)[C@@]3(C)CCCc4sc(N)c(C#N)c43)nc(Cl)n2)CCN1C. The number of nitrogen functional groups attached to an aromatic ring is 1. The van der Waals surface area contributed by atoms with Gasteiger partial charge in [-0.1, -0.05) is 0 Å². The fourth-order valence-electron chi connectivity index (χ4n) is 4.59. The van der Waals surface area contributed by atoms with Gasteiger partial charge in [-0.2, -0.15) is 5.26 Å². The summed E-state index contributed by atoms with van der Waals surface area (Å²) in [5.74, 6) is 0.127. The Morgan fingerprint density at radius 1 is 1.45 bits per heavy atom. The number of hydrogen-bond donors (Lipinski definition) is 3. The summed E-state index contributed by atoms with van der Waals surface area (Å²) in [5, 5.41) is 21.3. The van der Waals surface area contributed by atoms with E-state index in [0.29, 0.717) is 34.4 Å². The first-order chi connectivity index (χ1) is 15.6. The molecule has 9 nitrogen and oxygen atoms in total. The average molecular weight is 487 g/mol. The highest BCUT2D eigenvalue weighted by molar-refractivity contribution is 7.16. The summed E-state index contributed by atoms with van der Waals surface area (Å²) in [7, 11) is 2.09. The Hall–Kier alpha value is -2.74. The summed E-state index contributed by atoms with van der Waals surface area (Å²) in [5.41, 5.74) is 6.41. The van der Waals surface area contributed by atoms with Crippen molar-refractivity contribution >= 4 is 45.5 Å². The lowest BCUT2D eigenvalue weighted by atomic mass is 9.72. The first-order valence-electron chi connectivity index (χ1n) is 10.9. The van der Waals surface area contributed by atoms with E-state index in [0.717, 1.165) is 37.4 Å². The molecular formula is C22H27ClN8OS. The van der Waals surface area contributed by atoms with Crippen LogP contribution in [0.3, 0.4) is 0 Å². The zero-order chi connectivity index (χ0) is 23.9. The quantitative estimate of drug-likeness (QED) is 0.344. The Morgan fingerprint density at radius 2 is 2.21 bits per heavy atom. The Balaban J connectivity index is 1.58. The number of rotatable bonds is 3. The number of carbonyl (C=O) groups excluding carboxylic acids is 1. The lowest BCUT2D eigenvalue weighted by Gasteiger charge is -2.38. The third kappa shape index (κ3) is 4.28. The third-order valence-electron chi connectivity index (χ3n) is 6.72. The predicted molar refractivity (Wildman–Crippen MR) is 130 cm³/mol. The fraction of sp³-hybridized carbons (Fsp3) is 0.500. The van der Waals surface area contributed by atoms with Crippen molar-refractivity contribution in [1.29, 1.82) is 10.7 Å². The first kappa shape index (κ1) is 23.4. The molecule has 11 heteroatoms. The van der Waals surface area contributed by atoms with Crippen LogP contribution >= 0.6 is 22.9 Å². The Morgan fingerprint density at radius 3 is 2.91 bits per heavy atom. The molecule has 0 saturated carbocycles. The van der Waals surface area contributed by atoms with Crippen LogP contribution in [-0.2, 0) is 16.6 Å². The van der Waals surface area contributed by atoms with Crippen LogP contribution in [0.5, 0.6) is 0 Å². The molecule has 0 unspecified atom stereocenters. The molecule has 33 heavy (non-hydrogen) atoms. The molecule has 1 fully saturated rings. The number of nitrogens with two attached hydrogens (primary N) is 1. The van der Waals surface area contributed by atoms with Gasteiger partial charge in [0.2, 0.25) is 11.2 Å². The number of nitrogens with one attached hydrogen (secondary N) is 2. The van der Waals surface area contributed by atoms with Crippen LogP contribution in [0.2, 0.25) is 5.28 Å². The number of anilines is 2. The second-order valence-corrected chi connectivity index (χ2v) is 10.4. The fourth-order valence-corrected chi connectivity index (χ4v) is 5.96. The molecule has 1 saturated heterocycles. The van der Waals surface area contributed by atoms with Crippen LogP contribution in [0.1, 0.15) is 48.4 Å². The molecule has 174 valence electrons. The molecule has 1 aliphatic heterocycles. The summed E-state index contributed by atoms with van der Waals surface area (Å²) >= 11 is 7.55. The number of likely N-dealkylation sites (N-methyl/N-ethyl adjacent to an activating group) is 1. The van der Waals surface area contributed by atoms with Gasteiger partial charge in [0.25, 0.3) is 0 Å². The Kier molecular flexibility index (Phi) is 6.31. The van der Waals surface area contributed by atoms with Crippen molar-refractivity contribution in [2.24, 2.45) is 0 Å². The number of aryl methyl sites for hydroxylation is 1. The van der Waals surface area contributed by atoms with Crippen molar-refractivity contribution < 1.29 is 4.79 Å². The smallest absolute Gasteiger partial charge is 0.236 e. The van der Waals surface area contributed by atoms with Gasteiger partial charge in [-0.15, -0.1) is 11.3 Å². The van der Waals surface area contributed by atoms with Crippen molar-refractivity contribution in [2.45, 2.75) is 44.6 Å². The van der Waals surface area contributed by atoms with Gasteiger partial charge in [-0.05, 0) is 51.8 Å². The van der Waals surface area contributed by atoms with Crippen LogP contribution in [0.15, 0.2) is 6.07 Å². The van der Waals surface area contributed by atoms with Gasteiger partial charge in [-0.25, -0.2) is 9.97 Å². The van der Waals surface area contributed by atoms with Crippen molar-refractivity contribution in [3.8, 4) is 6.07 Å². The first-order valence-corrected chi connectivity index (χ1v) is 12.1. The molecule has 2 atom stereocenters. The molecular weight excluding hydrogens is 460 g/mol. The number of carbonyl (C=O) groups is 1. The van der Waals surface area contributed by atoms with E-state index in [1.165, 1.54) is 11.3 Å². The summed E-state index contributed by atoms with van der Waals surface area (Å²) in [6.07, 6.45) is 2.17. The standard InChI is InChI=1S/C22H27ClN8OS/c1-12-11-31(8-7-30(12)3)16-9-14(27-21(23)28-16)18(25)29-20(32)22(2)6-4-5-15-17(22)13(10-24)19(26)33-15/h9,12H,4-8,11,26H2,1-3H3,(H2,25,29,32)/t12-,22+/m1/s1. The minimum atomic E-state index is -0.953. The predicted octanol–water partition coefficient (Wildman–Crippen LogP) is 2.52. The van der Waals surface area contributed by atoms with Crippen LogP contribution in [-0.4, -0.2) is 59.3 Å². The van der Waals surface area contributed by atoms with Gasteiger partial charge in [-0.3, -0.25) is 10.2 Å². The maximum Gasteiger partial charge on any atom is 0.236 e. The number of nitriles is 1. The van der Waals surface area contributed by atoms with E-state index < -0.39 is 5.41 Å². The topological polar surface area (TPSA) is 135 Å². The molecule has 4 N–H and O–H groups in total. The number of amidine groups is 1. The normalized spacial score (nSPS) is 23.0. The number of nitrogens with zero attached hydrogens (tertiary/aromatic N) is 5. The number of aromatic nitrogens is 2. The van der Waals surface area contributed by atoms with Crippen molar-refractivity contribution in [1.82, 2.24) is 20.2 Å². The zero-order valence-corrected chi connectivity index (χ0v) is 20.5. The minimum Gasteiger partial charge on any atom is -0.389 e. The Bertz CT molecular complexity index is 1160. The molecule has 4 rings (SSSR count). The van der Waals surface area contributed by atoms with E-state index >= 15 is 0 Å². The lowest BCUT2D eigenvalue weighted by molar-refractivity contribution is -0.125. The monoisotopic (exact) mass is 486 g/mol. The molecule has 1 amide bonds. The third-order valence-corrected chi connectivity index (χ3v) is 7.97. The van der Waals surface area contributed by atoms with Crippen LogP contribution in [0, 0.1) is 16.7 Å². The van der Waals surface area contributed by atoms with Gasteiger partial charge in [0.15, 0.2) is 5.84 Å². The highest BCUT2D eigenvalue weighted by Gasteiger charge is 2.43. The van der Waals surface area contributed by atoms with E-state index in [2.05, 4.69) is 45.1 Å². The van der Waals surface area contributed by atoms with E-state index in [4.69, 9.17) is 22.7 Å². The van der Waals surface area contributed by atoms with Gasteiger partial charge in [0, 0.05) is 42.2 Å². The summed E-state index contributed by atoms with van der Waals surface area (Å²) in [4.78, 5) is 27.3.